The first-order valence-corrected chi connectivity index (χ1v) is 5.43. The van der Waals surface area contributed by atoms with Gasteiger partial charge in [0, 0.05) is 17.6 Å². The van der Waals surface area contributed by atoms with Crippen molar-refractivity contribution in [2.45, 2.75) is 25.4 Å². The van der Waals surface area contributed by atoms with E-state index < -0.39 is 0 Å². The van der Waals surface area contributed by atoms with Crippen LogP contribution < -0.4 is 20.5 Å². The van der Waals surface area contributed by atoms with Crippen LogP contribution in [0.25, 0.3) is 0 Å². The predicted molar refractivity (Wildman–Crippen MR) is 64.3 cm³/mol. The van der Waals surface area contributed by atoms with Gasteiger partial charge in [-0.2, -0.15) is 0 Å². The van der Waals surface area contributed by atoms with Crippen molar-refractivity contribution in [2.24, 2.45) is 5.73 Å². The molecular formula is C12H18N2O2. The molecule has 0 aliphatic carbocycles. The molecule has 88 valence electrons. The maximum Gasteiger partial charge on any atom is 0.142 e. The molecule has 1 aliphatic heterocycles. The van der Waals surface area contributed by atoms with E-state index in [1.54, 1.807) is 14.2 Å². The van der Waals surface area contributed by atoms with Crippen molar-refractivity contribution in [2.75, 3.05) is 19.5 Å². The first kappa shape index (κ1) is 11.1. The van der Waals surface area contributed by atoms with Crippen LogP contribution in [0.15, 0.2) is 12.1 Å². The lowest BCUT2D eigenvalue weighted by Gasteiger charge is -2.15. The van der Waals surface area contributed by atoms with Crippen molar-refractivity contribution < 1.29 is 9.47 Å². The molecule has 0 aromatic heterocycles. The molecule has 2 rings (SSSR count). The number of hydrogen-bond acceptors (Lipinski definition) is 4. The minimum absolute atomic E-state index is 0.0989. The smallest absolute Gasteiger partial charge is 0.142 e. The molecule has 1 aromatic carbocycles. The normalized spacial score (nSPS) is 19.9. The number of anilines is 1. The fourth-order valence-corrected chi connectivity index (χ4v) is 2.10. The summed E-state index contributed by atoms with van der Waals surface area (Å²) in [4.78, 5) is 0. The summed E-state index contributed by atoms with van der Waals surface area (Å²) >= 11 is 0. The molecule has 2 atom stereocenters. The van der Waals surface area contributed by atoms with E-state index in [0.717, 1.165) is 29.2 Å². The Hall–Kier alpha value is -1.42. The van der Waals surface area contributed by atoms with E-state index in [0.29, 0.717) is 0 Å². The second kappa shape index (κ2) is 4.22. The molecule has 1 aliphatic rings. The molecule has 1 heterocycles. The van der Waals surface area contributed by atoms with Crippen molar-refractivity contribution in [3.8, 4) is 11.5 Å². The van der Waals surface area contributed by atoms with Crippen LogP contribution in [0, 0.1) is 0 Å². The minimum Gasteiger partial charge on any atom is -0.496 e. The second-order valence-corrected chi connectivity index (χ2v) is 4.14. The highest BCUT2D eigenvalue weighted by Gasteiger charge is 2.28. The van der Waals surface area contributed by atoms with Crippen molar-refractivity contribution >= 4 is 5.69 Å². The van der Waals surface area contributed by atoms with Crippen LogP contribution in [-0.2, 0) is 6.42 Å². The van der Waals surface area contributed by atoms with Crippen LogP contribution in [0.3, 0.4) is 0 Å². The van der Waals surface area contributed by atoms with Crippen LogP contribution in [-0.4, -0.2) is 26.3 Å². The average molecular weight is 222 g/mol. The highest BCUT2D eigenvalue weighted by atomic mass is 16.5. The predicted octanol–water partition coefficient (Wildman–Crippen LogP) is 1.39. The Morgan fingerprint density at radius 3 is 2.50 bits per heavy atom. The van der Waals surface area contributed by atoms with Gasteiger partial charge in [0.2, 0.25) is 0 Å². The van der Waals surface area contributed by atoms with Gasteiger partial charge in [0.15, 0.2) is 0 Å². The van der Waals surface area contributed by atoms with E-state index in [4.69, 9.17) is 15.2 Å². The van der Waals surface area contributed by atoms with Crippen molar-refractivity contribution in [1.29, 1.82) is 0 Å². The van der Waals surface area contributed by atoms with E-state index in [1.165, 1.54) is 0 Å². The summed E-state index contributed by atoms with van der Waals surface area (Å²) in [6, 6.07) is 4.19. The highest BCUT2D eigenvalue weighted by Crippen LogP contribution is 2.41. The van der Waals surface area contributed by atoms with Gasteiger partial charge < -0.3 is 20.5 Å². The van der Waals surface area contributed by atoms with E-state index in [2.05, 4.69) is 5.32 Å². The molecular weight excluding hydrogens is 204 g/mol. The lowest BCUT2D eigenvalue weighted by atomic mass is 10.0. The molecule has 0 spiro atoms. The van der Waals surface area contributed by atoms with Crippen molar-refractivity contribution in [1.82, 2.24) is 0 Å². The van der Waals surface area contributed by atoms with Gasteiger partial charge in [0.1, 0.15) is 11.5 Å². The Kier molecular flexibility index (Phi) is 2.92. The van der Waals surface area contributed by atoms with Gasteiger partial charge in [-0.25, -0.2) is 0 Å². The van der Waals surface area contributed by atoms with E-state index in [1.807, 2.05) is 19.1 Å². The Morgan fingerprint density at radius 2 is 1.94 bits per heavy atom. The number of ether oxygens (including phenoxy) is 2. The third-order valence-corrected chi connectivity index (χ3v) is 3.06. The number of methoxy groups -OCH3 is 2. The van der Waals surface area contributed by atoms with Crippen LogP contribution in [0.4, 0.5) is 5.69 Å². The van der Waals surface area contributed by atoms with Gasteiger partial charge in [0.05, 0.1) is 19.9 Å². The number of nitrogens with one attached hydrogen (secondary N) is 1. The minimum atomic E-state index is 0.0989. The molecule has 16 heavy (non-hydrogen) atoms. The molecule has 0 fully saturated rings. The third-order valence-electron chi connectivity index (χ3n) is 3.06. The zero-order chi connectivity index (χ0) is 11.7. The number of benzene rings is 1. The molecule has 1 aromatic rings. The van der Waals surface area contributed by atoms with Gasteiger partial charge >= 0.3 is 0 Å². The third kappa shape index (κ3) is 1.69. The summed E-state index contributed by atoms with van der Waals surface area (Å²) in [6.07, 6.45) is 0.882. The average Bonchev–Trinajstić information content (AvgIpc) is 2.72. The lowest BCUT2D eigenvalue weighted by molar-refractivity contribution is 0.402. The van der Waals surface area contributed by atoms with E-state index in [-0.39, 0.29) is 12.1 Å². The number of rotatable bonds is 3. The van der Waals surface area contributed by atoms with E-state index >= 15 is 0 Å². The standard InChI is InChI=1S/C12H18N2O2/c1-7(13)9-6-8-10(15-2)4-5-11(16-3)12(8)14-9/h4-5,7,9,14H,6,13H2,1-3H3. The molecule has 0 saturated heterocycles. The number of nitrogens with two attached hydrogens (primary N) is 1. The maximum atomic E-state index is 5.92. The SMILES string of the molecule is COc1ccc(OC)c2c1CC(C(C)N)N2. The van der Waals surface area contributed by atoms with Crippen LogP contribution in [0.5, 0.6) is 11.5 Å². The molecule has 0 saturated carbocycles. The number of fused-ring (bicyclic) bond motifs is 1. The van der Waals surface area contributed by atoms with Gasteiger partial charge in [-0.3, -0.25) is 0 Å². The Bertz CT molecular complexity index is 358. The molecule has 4 nitrogen and oxygen atoms in total. The monoisotopic (exact) mass is 222 g/mol. The van der Waals surface area contributed by atoms with Gasteiger partial charge in [-0.1, -0.05) is 0 Å². The van der Waals surface area contributed by atoms with Gasteiger partial charge in [-0.05, 0) is 25.5 Å². The molecule has 0 amide bonds. The second-order valence-electron chi connectivity index (χ2n) is 4.14. The Balaban J connectivity index is 2.40. The van der Waals surface area contributed by atoms with Gasteiger partial charge in [0.25, 0.3) is 0 Å². The molecule has 2 unspecified atom stereocenters. The number of hydrogen-bond donors (Lipinski definition) is 2. The van der Waals surface area contributed by atoms with Gasteiger partial charge in [-0.15, -0.1) is 0 Å². The summed E-state index contributed by atoms with van der Waals surface area (Å²) in [6.45, 7) is 2.00. The van der Waals surface area contributed by atoms with Crippen LogP contribution in [0.2, 0.25) is 0 Å². The summed E-state index contributed by atoms with van der Waals surface area (Å²) in [5.41, 5.74) is 8.09. The fraction of sp³-hybridized carbons (Fsp3) is 0.500. The summed E-state index contributed by atoms with van der Waals surface area (Å²) in [5, 5.41) is 3.40. The summed E-state index contributed by atoms with van der Waals surface area (Å²) < 4.78 is 10.7. The molecule has 3 N–H and O–H groups in total. The van der Waals surface area contributed by atoms with Crippen molar-refractivity contribution in [3.63, 3.8) is 0 Å². The maximum absolute atomic E-state index is 5.92. The summed E-state index contributed by atoms with van der Waals surface area (Å²) in [5.74, 6) is 1.74. The van der Waals surface area contributed by atoms with Crippen LogP contribution in [0.1, 0.15) is 12.5 Å². The molecule has 0 bridgehead atoms. The first-order chi connectivity index (χ1) is 7.67. The molecule has 0 radical (unpaired) electrons. The topological polar surface area (TPSA) is 56.5 Å². The zero-order valence-electron chi connectivity index (χ0n) is 9.91. The summed E-state index contributed by atoms with van der Waals surface area (Å²) in [7, 11) is 3.35. The van der Waals surface area contributed by atoms with Crippen molar-refractivity contribution in [3.05, 3.63) is 17.7 Å². The fourth-order valence-electron chi connectivity index (χ4n) is 2.10. The Morgan fingerprint density at radius 1 is 1.31 bits per heavy atom. The Labute approximate surface area is 95.7 Å². The molecule has 4 heteroatoms. The van der Waals surface area contributed by atoms with Crippen LogP contribution >= 0.6 is 0 Å². The first-order valence-electron chi connectivity index (χ1n) is 5.43. The largest absolute Gasteiger partial charge is 0.496 e. The highest BCUT2D eigenvalue weighted by molar-refractivity contribution is 5.70. The van der Waals surface area contributed by atoms with E-state index in [9.17, 15) is 0 Å². The lowest BCUT2D eigenvalue weighted by Crippen LogP contribution is -2.36. The zero-order valence-corrected chi connectivity index (χ0v) is 9.91. The quantitative estimate of drug-likeness (QED) is 0.811.